The van der Waals surface area contributed by atoms with Gasteiger partial charge in [0.05, 0.1) is 12.7 Å². The largest absolute Gasteiger partial charge is 0.466 e. The number of hydrogen-bond donors (Lipinski definition) is 1. The lowest BCUT2D eigenvalue weighted by Crippen LogP contribution is -2.15. The summed E-state index contributed by atoms with van der Waals surface area (Å²) in [5.41, 5.74) is 0. The second-order valence-electron chi connectivity index (χ2n) is 7.82. The minimum Gasteiger partial charge on any atom is -0.466 e. The van der Waals surface area contributed by atoms with Crippen LogP contribution >= 0.6 is 0 Å². The molecule has 4 nitrogen and oxygen atoms in total. The second-order valence-corrected chi connectivity index (χ2v) is 7.82. The molecule has 0 aromatic heterocycles. The van der Waals surface area contributed by atoms with Crippen molar-refractivity contribution in [1.29, 1.82) is 0 Å². The molecule has 0 unspecified atom stereocenters. The first kappa shape index (κ1) is 23.6. The quantitative estimate of drug-likeness (QED) is 0.278. The van der Waals surface area contributed by atoms with Crippen LogP contribution in [0.1, 0.15) is 78.6 Å². The van der Waals surface area contributed by atoms with Crippen molar-refractivity contribution in [2.75, 3.05) is 6.61 Å². The third kappa shape index (κ3) is 9.90. The zero-order valence-electron chi connectivity index (χ0n) is 17.4. The molecule has 0 bridgehead atoms. The molecule has 0 radical (unpaired) electrons. The lowest BCUT2D eigenvalue weighted by atomic mass is 9.87. The summed E-state index contributed by atoms with van der Waals surface area (Å²) >= 11 is 0. The van der Waals surface area contributed by atoms with Crippen LogP contribution in [0.5, 0.6) is 0 Å². The van der Waals surface area contributed by atoms with Crippen LogP contribution in [-0.2, 0) is 14.3 Å². The number of carbonyl (C=O) groups excluding carboxylic acids is 2. The Morgan fingerprint density at radius 3 is 2.74 bits per heavy atom. The van der Waals surface area contributed by atoms with Crippen LogP contribution in [0, 0.1) is 17.8 Å². The fourth-order valence-electron chi connectivity index (χ4n) is 3.73. The van der Waals surface area contributed by atoms with Gasteiger partial charge in [-0.2, -0.15) is 0 Å². The Bertz CT molecular complexity index is 495. The Labute approximate surface area is 165 Å². The van der Waals surface area contributed by atoms with E-state index in [1.165, 1.54) is 6.92 Å². The first-order valence-corrected chi connectivity index (χ1v) is 10.6. The summed E-state index contributed by atoms with van der Waals surface area (Å²) in [6.07, 6.45) is 16.2. The maximum absolute atomic E-state index is 12.3. The summed E-state index contributed by atoms with van der Waals surface area (Å²) in [4.78, 5) is 23.0. The van der Waals surface area contributed by atoms with E-state index in [-0.39, 0.29) is 17.8 Å². The van der Waals surface area contributed by atoms with E-state index in [0.29, 0.717) is 24.7 Å². The van der Waals surface area contributed by atoms with Gasteiger partial charge in [-0.05, 0) is 43.9 Å². The number of aliphatic hydroxyl groups excluding tert-OH is 1. The minimum absolute atomic E-state index is 0.0383. The number of unbranched alkanes of at least 4 members (excludes halogenated alkanes) is 4. The standard InChI is InChI=1S/C23H38O4/c1-4-5-9-12-20(25)14-15-21-18(2)17-23(26)22(21)13-10-7-6-8-11-16-27-19(3)24/h7,10,14-15,18,20-22,25H,4-6,8-9,11-13,16-17H2,1-3H3/b10-7-,15-14+/t18-,20+,21+,22-/m1/s1. The highest BCUT2D eigenvalue weighted by molar-refractivity contribution is 5.84. The van der Waals surface area contributed by atoms with Gasteiger partial charge in [-0.3, -0.25) is 9.59 Å². The van der Waals surface area contributed by atoms with Gasteiger partial charge in [0.15, 0.2) is 0 Å². The highest BCUT2D eigenvalue weighted by Crippen LogP contribution is 2.37. The third-order valence-electron chi connectivity index (χ3n) is 5.34. The topological polar surface area (TPSA) is 63.6 Å². The molecule has 0 spiro atoms. The molecule has 0 aromatic carbocycles. The van der Waals surface area contributed by atoms with Crippen molar-refractivity contribution in [2.45, 2.75) is 84.7 Å². The number of aliphatic hydroxyl groups is 1. The average Bonchev–Trinajstić information content (AvgIpc) is 2.88. The third-order valence-corrected chi connectivity index (χ3v) is 5.34. The van der Waals surface area contributed by atoms with Crippen molar-refractivity contribution in [1.82, 2.24) is 0 Å². The Hall–Kier alpha value is -1.42. The van der Waals surface area contributed by atoms with Crippen LogP contribution in [0.4, 0.5) is 0 Å². The maximum Gasteiger partial charge on any atom is 0.302 e. The van der Waals surface area contributed by atoms with E-state index in [1.54, 1.807) is 0 Å². The summed E-state index contributed by atoms with van der Waals surface area (Å²) in [7, 11) is 0. The number of allylic oxidation sites excluding steroid dienone is 3. The predicted octanol–water partition coefficient (Wildman–Crippen LogP) is 5.00. The van der Waals surface area contributed by atoms with Crippen LogP contribution < -0.4 is 0 Å². The predicted molar refractivity (Wildman–Crippen MR) is 109 cm³/mol. The second kappa shape index (κ2) is 13.7. The number of ketones is 1. The number of ether oxygens (including phenoxy) is 1. The normalized spacial score (nSPS) is 24.1. The zero-order chi connectivity index (χ0) is 20.1. The van der Waals surface area contributed by atoms with Crippen molar-refractivity contribution in [3.63, 3.8) is 0 Å². The number of rotatable bonds is 13. The molecule has 1 fully saturated rings. The molecule has 4 heteroatoms. The van der Waals surface area contributed by atoms with E-state index >= 15 is 0 Å². The van der Waals surface area contributed by atoms with Crippen molar-refractivity contribution in [2.24, 2.45) is 17.8 Å². The van der Waals surface area contributed by atoms with Gasteiger partial charge in [-0.15, -0.1) is 0 Å². The van der Waals surface area contributed by atoms with Crippen LogP contribution in [0.25, 0.3) is 0 Å². The average molecular weight is 379 g/mol. The number of Topliss-reactive ketones (excluding diaryl/α,β-unsaturated/α-hetero) is 1. The molecular weight excluding hydrogens is 340 g/mol. The van der Waals surface area contributed by atoms with E-state index in [1.807, 2.05) is 6.08 Å². The summed E-state index contributed by atoms with van der Waals surface area (Å²) < 4.78 is 4.91. The molecule has 1 saturated carbocycles. The molecule has 0 aliphatic heterocycles. The number of carbonyl (C=O) groups is 2. The molecule has 0 heterocycles. The van der Waals surface area contributed by atoms with Crippen LogP contribution in [0.3, 0.4) is 0 Å². The number of hydrogen-bond acceptors (Lipinski definition) is 4. The van der Waals surface area contributed by atoms with Gasteiger partial charge in [-0.25, -0.2) is 0 Å². The molecule has 154 valence electrons. The van der Waals surface area contributed by atoms with Crippen LogP contribution in [0.15, 0.2) is 24.3 Å². The lowest BCUT2D eigenvalue weighted by molar-refractivity contribution is -0.141. The zero-order valence-corrected chi connectivity index (χ0v) is 17.4. The highest BCUT2D eigenvalue weighted by Gasteiger charge is 2.37. The first-order valence-electron chi connectivity index (χ1n) is 10.6. The SMILES string of the molecule is CCCCC[C@H](O)/C=C/[C@H]1[C@H](C)CC(=O)[C@@H]1C/C=C\CCCCOC(C)=O. The molecule has 4 atom stereocenters. The lowest BCUT2D eigenvalue weighted by Gasteiger charge is -2.17. The summed E-state index contributed by atoms with van der Waals surface area (Å²) in [5, 5.41) is 10.1. The van der Waals surface area contributed by atoms with Crippen molar-refractivity contribution in [3.05, 3.63) is 24.3 Å². The molecule has 1 aliphatic carbocycles. The van der Waals surface area contributed by atoms with Crippen LogP contribution in [-0.4, -0.2) is 29.6 Å². The van der Waals surface area contributed by atoms with Gasteiger partial charge in [0.1, 0.15) is 5.78 Å². The minimum atomic E-state index is -0.395. The monoisotopic (exact) mass is 378 g/mol. The van der Waals surface area contributed by atoms with Gasteiger partial charge in [0.25, 0.3) is 0 Å². The Morgan fingerprint density at radius 2 is 2.04 bits per heavy atom. The molecule has 0 amide bonds. The molecule has 0 saturated heterocycles. The van der Waals surface area contributed by atoms with E-state index in [9.17, 15) is 14.7 Å². The van der Waals surface area contributed by atoms with E-state index in [2.05, 4.69) is 32.1 Å². The fraction of sp³-hybridized carbons (Fsp3) is 0.739. The molecular formula is C23H38O4. The molecule has 1 rings (SSSR count). The highest BCUT2D eigenvalue weighted by atomic mass is 16.5. The fourth-order valence-corrected chi connectivity index (χ4v) is 3.73. The van der Waals surface area contributed by atoms with Gasteiger partial charge in [-0.1, -0.05) is 57.4 Å². The van der Waals surface area contributed by atoms with Crippen molar-refractivity contribution in [3.8, 4) is 0 Å². The molecule has 1 N–H and O–H groups in total. The Balaban J connectivity index is 2.39. The van der Waals surface area contributed by atoms with Crippen LogP contribution in [0.2, 0.25) is 0 Å². The van der Waals surface area contributed by atoms with Crippen molar-refractivity contribution < 1.29 is 19.4 Å². The first-order chi connectivity index (χ1) is 13.0. The van der Waals surface area contributed by atoms with Gasteiger partial charge in [0, 0.05) is 19.3 Å². The van der Waals surface area contributed by atoms with E-state index in [0.717, 1.165) is 51.4 Å². The Kier molecular flexibility index (Phi) is 12.0. The molecule has 0 aromatic rings. The van der Waals surface area contributed by atoms with Gasteiger partial charge >= 0.3 is 5.97 Å². The summed E-state index contributed by atoms with van der Waals surface area (Å²) in [6.45, 7) is 6.20. The smallest absolute Gasteiger partial charge is 0.302 e. The van der Waals surface area contributed by atoms with Gasteiger partial charge in [0.2, 0.25) is 0 Å². The molecule has 1 aliphatic rings. The summed E-state index contributed by atoms with van der Waals surface area (Å²) in [6, 6.07) is 0. The summed E-state index contributed by atoms with van der Waals surface area (Å²) in [5.74, 6) is 0.730. The van der Waals surface area contributed by atoms with Gasteiger partial charge < -0.3 is 9.84 Å². The number of esters is 1. The van der Waals surface area contributed by atoms with E-state index < -0.39 is 6.10 Å². The molecule has 27 heavy (non-hydrogen) atoms. The van der Waals surface area contributed by atoms with Crippen molar-refractivity contribution >= 4 is 11.8 Å². The Morgan fingerprint density at radius 1 is 1.26 bits per heavy atom. The van der Waals surface area contributed by atoms with E-state index in [4.69, 9.17) is 4.74 Å². The maximum atomic E-state index is 12.3.